The molecule has 0 saturated carbocycles. The molecule has 90 valence electrons. The molecule has 0 aromatic heterocycles. The molecule has 0 aliphatic carbocycles. The summed E-state index contributed by atoms with van der Waals surface area (Å²) >= 11 is 0. The minimum atomic E-state index is -0.784. The Labute approximate surface area is 101 Å². The molecule has 1 N–H and O–H groups in total. The lowest BCUT2D eigenvalue weighted by Gasteiger charge is -2.19. The standard InChI is InChI=1S/C14H17NO2/c1-2-3-4-7-10-15-13(16)11-8-5-6-9-12(11)14(15)17/h3-6,8-9,13,16H,2,7,10H2,1H3/b4-3-. The Morgan fingerprint density at radius 2 is 2.12 bits per heavy atom. The second-order valence-electron chi connectivity index (χ2n) is 4.13. The third-order valence-electron chi connectivity index (χ3n) is 2.96. The molecule has 1 amide bonds. The zero-order chi connectivity index (χ0) is 12.3. The van der Waals surface area contributed by atoms with Crippen LogP contribution in [0.4, 0.5) is 0 Å². The summed E-state index contributed by atoms with van der Waals surface area (Å²) < 4.78 is 0. The lowest BCUT2D eigenvalue weighted by Crippen LogP contribution is -2.28. The van der Waals surface area contributed by atoms with Crippen LogP contribution in [0.1, 0.15) is 41.9 Å². The zero-order valence-electron chi connectivity index (χ0n) is 9.97. The van der Waals surface area contributed by atoms with Gasteiger partial charge in [0.2, 0.25) is 0 Å². The summed E-state index contributed by atoms with van der Waals surface area (Å²) in [6, 6.07) is 7.24. The van der Waals surface area contributed by atoms with E-state index in [0.29, 0.717) is 12.1 Å². The molecule has 1 heterocycles. The number of benzene rings is 1. The SMILES string of the molecule is CC/C=C\CCN1C(=O)c2ccccc2C1O. The van der Waals surface area contributed by atoms with E-state index in [0.717, 1.165) is 18.4 Å². The van der Waals surface area contributed by atoms with E-state index in [1.54, 1.807) is 12.1 Å². The van der Waals surface area contributed by atoms with E-state index in [1.807, 2.05) is 18.2 Å². The number of allylic oxidation sites excluding steroid dienone is 1. The molecule has 0 saturated heterocycles. The van der Waals surface area contributed by atoms with Gasteiger partial charge in [-0.05, 0) is 18.9 Å². The Morgan fingerprint density at radius 3 is 2.82 bits per heavy atom. The lowest BCUT2D eigenvalue weighted by molar-refractivity contribution is 0.0185. The minimum Gasteiger partial charge on any atom is -0.369 e. The number of carbonyl (C=O) groups is 1. The molecule has 0 bridgehead atoms. The van der Waals surface area contributed by atoms with Gasteiger partial charge < -0.3 is 10.0 Å². The number of hydrogen-bond donors (Lipinski definition) is 1. The maximum atomic E-state index is 12.0. The van der Waals surface area contributed by atoms with Gasteiger partial charge in [-0.1, -0.05) is 37.3 Å². The van der Waals surface area contributed by atoms with Crippen LogP contribution < -0.4 is 0 Å². The first-order valence-electron chi connectivity index (χ1n) is 5.98. The Balaban J connectivity index is 2.08. The van der Waals surface area contributed by atoms with Crippen molar-refractivity contribution in [2.75, 3.05) is 6.54 Å². The van der Waals surface area contributed by atoms with Crippen LogP contribution in [-0.4, -0.2) is 22.5 Å². The molecule has 1 aromatic rings. The first kappa shape index (κ1) is 11.9. The van der Waals surface area contributed by atoms with E-state index in [4.69, 9.17) is 0 Å². The highest BCUT2D eigenvalue weighted by atomic mass is 16.3. The van der Waals surface area contributed by atoms with E-state index >= 15 is 0 Å². The summed E-state index contributed by atoms with van der Waals surface area (Å²) in [5.74, 6) is -0.0713. The Kier molecular flexibility index (Phi) is 3.59. The molecule has 1 aromatic carbocycles. The van der Waals surface area contributed by atoms with Crippen LogP contribution in [0, 0.1) is 0 Å². The Morgan fingerprint density at radius 1 is 1.35 bits per heavy atom. The summed E-state index contributed by atoms with van der Waals surface area (Å²) in [5.41, 5.74) is 1.34. The van der Waals surface area contributed by atoms with Gasteiger partial charge in [-0.25, -0.2) is 0 Å². The molecule has 0 spiro atoms. The number of nitrogens with zero attached hydrogens (tertiary/aromatic N) is 1. The summed E-state index contributed by atoms with van der Waals surface area (Å²) in [7, 11) is 0. The monoisotopic (exact) mass is 231 g/mol. The summed E-state index contributed by atoms with van der Waals surface area (Å²) in [5, 5.41) is 10.0. The van der Waals surface area contributed by atoms with Crippen molar-refractivity contribution in [2.24, 2.45) is 0 Å². The van der Waals surface area contributed by atoms with Crippen molar-refractivity contribution in [3.63, 3.8) is 0 Å². The molecular formula is C14H17NO2. The third-order valence-corrected chi connectivity index (χ3v) is 2.96. The van der Waals surface area contributed by atoms with Crippen molar-refractivity contribution in [1.82, 2.24) is 4.90 Å². The Bertz CT molecular complexity index is 440. The lowest BCUT2D eigenvalue weighted by atomic mass is 10.1. The zero-order valence-corrected chi connectivity index (χ0v) is 9.97. The van der Waals surface area contributed by atoms with Crippen molar-refractivity contribution < 1.29 is 9.90 Å². The molecule has 1 aliphatic heterocycles. The number of amides is 1. The van der Waals surface area contributed by atoms with Crippen LogP contribution in [0.3, 0.4) is 0 Å². The quantitative estimate of drug-likeness (QED) is 0.809. The maximum Gasteiger partial charge on any atom is 0.256 e. The van der Waals surface area contributed by atoms with E-state index in [1.165, 1.54) is 4.90 Å². The molecule has 2 rings (SSSR count). The van der Waals surface area contributed by atoms with Gasteiger partial charge >= 0.3 is 0 Å². The summed E-state index contributed by atoms with van der Waals surface area (Å²) in [6.07, 6.45) is 5.11. The van der Waals surface area contributed by atoms with Crippen molar-refractivity contribution in [3.05, 3.63) is 47.5 Å². The van der Waals surface area contributed by atoms with Gasteiger partial charge in [0.05, 0.1) is 0 Å². The molecule has 17 heavy (non-hydrogen) atoms. The summed E-state index contributed by atoms with van der Waals surface area (Å²) in [6.45, 7) is 2.63. The molecule has 3 nitrogen and oxygen atoms in total. The molecule has 1 atom stereocenters. The van der Waals surface area contributed by atoms with E-state index in [-0.39, 0.29) is 5.91 Å². The van der Waals surface area contributed by atoms with Gasteiger partial charge in [0.1, 0.15) is 0 Å². The molecule has 0 radical (unpaired) electrons. The average molecular weight is 231 g/mol. The van der Waals surface area contributed by atoms with Gasteiger partial charge in [-0.3, -0.25) is 4.79 Å². The smallest absolute Gasteiger partial charge is 0.256 e. The fraction of sp³-hybridized carbons (Fsp3) is 0.357. The number of fused-ring (bicyclic) bond motifs is 1. The van der Waals surface area contributed by atoms with Crippen molar-refractivity contribution in [1.29, 1.82) is 0 Å². The molecular weight excluding hydrogens is 214 g/mol. The van der Waals surface area contributed by atoms with Gasteiger partial charge in [0.15, 0.2) is 6.23 Å². The van der Waals surface area contributed by atoms with Crippen molar-refractivity contribution in [3.8, 4) is 0 Å². The number of aliphatic hydroxyl groups is 1. The van der Waals surface area contributed by atoms with Crippen molar-refractivity contribution >= 4 is 5.91 Å². The van der Waals surface area contributed by atoms with Gasteiger partial charge in [0.25, 0.3) is 5.91 Å². The number of rotatable bonds is 4. The third kappa shape index (κ3) is 2.24. The highest BCUT2D eigenvalue weighted by molar-refractivity contribution is 5.98. The first-order chi connectivity index (χ1) is 8.25. The summed E-state index contributed by atoms with van der Waals surface area (Å²) in [4.78, 5) is 13.5. The second kappa shape index (κ2) is 5.15. The largest absolute Gasteiger partial charge is 0.369 e. The van der Waals surface area contributed by atoms with Gasteiger partial charge in [-0.2, -0.15) is 0 Å². The maximum absolute atomic E-state index is 12.0. The van der Waals surface area contributed by atoms with Crippen LogP contribution in [0.2, 0.25) is 0 Å². The van der Waals surface area contributed by atoms with Gasteiger partial charge in [-0.15, -0.1) is 0 Å². The average Bonchev–Trinajstić information content (AvgIpc) is 2.60. The highest BCUT2D eigenvalue weighted by Crippen LogP contribution is 2.31. The van der Waals surface area contributed by atoms with Crippen molar-refractivity contribution in [2.45, 2.75) is 26.0 Å². The fourth-order valence-electron chi connectivity index (χ4n) is 2.07. The van der Waals surface area contributed by atoms with Crippen LogP contribution in [0.15, 0.2) is 36.4 Å². The van der Waals surface area contributed by atoms with Crippen LogP contribution in [0.25, 0.3) is 0 Å². The van der Waals surface area contributed by atoms with E-state index in [2.05, 4.69) is 13.0 Å². The van der Waals surface area contributed by atoms with Gasteiger partial charge in [0, 0.05) is 17.7 Å². The molecule has 0 fully saturated rings. The molecule has 1 aliphatic rings. The number of aliphatic hydroxyl groups excluding tert-OH is 1. The first-order valence-corrected chi connectivity index (χ1v) is 5.98. The minimum absolute atomic E-state index is 0.0713. The molecule has 3 heteroatoms. The van der Waals surface area contributed by atoms with Crippen LogP contribution in [-0.2, 0) is 0 Å². The highest BCUT2D eigenvalue weighted by Gasteiger charge is 2.34. The second-order valence-corrected chi connectivity index (χ2v) is 4.13. The number of carbonyl (C=O) groups excluding carboxylic acids is 1. The normalized spacial score (nSPS) is 19.1. The predicted octanol–water partition coefficient (Wildman–Crippen LogP) is 2.49. The topological polar surface area (TPSA) is 40.5 Å². The van der Waals surface area contributed by atoms with Crippen LogP contribution in [0.5, 0.6) is 0 Å². The van der Waals surface area contributed by atoms with E-state index < -0.39 is 6.23 Å². The predicted molar refractivity (Wildman–Crippen MR) is 66.5 cm³/mol. The number of hydrogen-bond acceptors (Lipinski definition) is 2. The fourth-order valence-corrected chi connectivity index (χ4v) is 2.07. The Hall–Kier alpha value is -1.61. The van der Waals surface area contributed by atoms with Crippen LogP contribution >= 0.6 is 0 Å². The molecule has 1 unspecified atom stereocenters. The van der Waals surface area contributed by atoms with E-state index in [9.17, 15) is 9.90 Å².